The molecule has 0 unspecified atom stereocenters. The van der Waals surface area contributed by atoms with E-state index in [4.69, 9.17) is 5.11 Å². The quantitative estimate of drug-likeness (QED) is 0.812. The van der Waals surface area contributed by atoms with E-state index < -0.39 is 11.6 Å². The first-order valence-corrected chi connectivity index (χ1v) is 5.84. The molecule has 2 N–H and O–H groups in total. The van der Waals surface area contributed by atoms with Gasteiger partial charge in [-0.2, -0.15) is 0 Å². The Morgan fingerprint density at radius 1 is 1.11 bits per heavy atom. The molecule has 0 saturated carbocycles. The van der Waals surface area contributed by atoms with Crippen LogP contribution in [0, 0.1) is 19.7 Å². The lowest BCUT2D eigenvalue weighted by Crippen LogP contribution is -2.12. The van der Waals surface area contributed by atoms with Gasteiger partial charge < -0.3 is 10.4 Å². The van der Waals surface area contributed by atoms with Crippen molar-refractivity contribution in [3.63, 3.8) is 0 Å². The molecule has 0 bridgehead atoms. The summed E-state index contributed by atoms with van der Waals surface area (Å²) in [5.74, 6) is -1.52. The van der Waals surface area contributed by atoms with E-state index in [-0.39, 0.29) is 5.91 Å². The highest BCUT2D eigenvalue weighted by Crippen LogP contribution is 2.20. The Morgan fingerprint density at radius 2 is 1.84 bits per heavy atom. The minimum absolute atomic E-state index is 0.304. The second-order valence-corrected chi connectivity index (χ2v) is 4.42. The standard InChI is InChI=1S/C15H14FNO2/c1-9-3-4-11(7-10(9)2)15(19)17-12-5-6-14(18)13(16)8-12/h3-8,18H,1-2H3,(H,17,19). The van der Waals surface area contributed by atoms with E-state index in [9.17, 15) is 9.18 Å². The molecular formula is C15H14FNO2. The number of halogens is 1. The van der Waals surface area contributed by atoms with Crippen LogP contribution < -0.4 is 5.32 Å². The molecule has 1 amide bonds. The van der Waals surface area contributed by atoms with Gasteiger partial charge in [-0.15, -0.1) is 0 Å². The van der Waals surface area contributed by atoms with Crippen LogP contribution in [0.5, 0.6) is 5.75 Å². The van der Waals surface area contributed by atoms with Gasteiger partial charge in [-0.1, -0.05) is 6.07 Å². The number of phenols is 1. The number of aryl methyl sites for hydroxylation is 2. The summed E-state index contributed by atoms with van der Waals surface area (Å²) in [5.41, 5.74) is 2.94. The lowest BCUT2D eigenvalue weighted by atomic mass is 10.1. The summed E-state index contributed by atoms with van der Waals surface area (Å²) in [5, 5.41) is 11.7. The number of aromatic hydroxyl groups is 1. The van der Waals surface area contributed by atoms with E-state index in [2.05, 4.69) is 5.32 Å². The Balaban J connectivity index is 2.20. The lowest BCUT2D eigenvalue weighted by Gasteiger charge is -2.07. The molecule has 0 aliphatic carbocycles. The molecule has 0 spiro atoms. The summed E-state index contributed by atoms with van der Waals surface area (Å²) in [6, 6.07) is 9.08. The number of anilines is 1. The molecule has 2 rings (SSSR count). The third-order valence-corrected chi connectivity index (χ3v) is 2.97. The highest BCUT2D eigenvalue weighted by atomic mass is 19.1. The fourth-order valence-electron chi connectivity index (χ4n) is 1.67. The van der Waals surface area contributed by atoms with Crippen molar-refractivity contribution >= 4 is 11.6 Å². The third kappa shape index (κ3) is 2.91. The Labute approximate surface area is 110 Å². The maximum absolute atomic E-state index is 13.1. The number of amides is 1. The van der Waals surface area contributed by atoms with E-state index in [0.29, 0.717) is 11.3 Å². The van der Waals surface area contributed by atoms with Crippen molar-refractivity contribution in [3.05, 3.63) is 58.9 Å². The second-order valence-electron chi connectivity index (χ2n) is 4.42. The monoisotopic (exact) mass is 259 g/mol. The molecule has 4 heteroatoms. The van der Waals surface area contributed by atoms with Gasteiger partial charge in [0.15, 0.2) is 11.6 Å². The Kier molecular flexibility index (Phi) is 3.51. The van der Waals surface area contributed by atoms with E-state index in [1.54, 1.807) is 12.1 Å². The van der Waals surface area contributed by atoms with Gasteiger partial charge in [-0.25, -0.2) is 4.39 Å². The zero-order valence-electron chi connectivity index (χ0n) is 10.7. The molecule has 0 radical (unpaired) electrons. The fourth-order valence-corrected chi connectivity index (χ4v) is 1.67. The maximum atomic E-state index is 13.1. The summed E-state index contributed by atoms with van der Waals surface area (Å²) in [4.78, 5) is 12.0. The van der Waals surface area contributed by atoms with Gasteiger partial charge in [0.2, 0.25) is 0 Å². The zero-order chi connectivity index (χ0) is 14.0. The van der Waals surface area contributed by atoms with Crippen molar-refractivity contribution in [2.75, 3.05) is 5.32 Å². The molecule has 98 valence electrons. The minimum Gasteiger partial charge on any atom is -0.505 e. The smallest absolute Gasteiger partial charge is 0.255 e. The Bertz CT molecular complexity index is 638. The molecule has 0 fully saturated rings. The lowest BCUT2D eigenvalue weighted by molar-refractivity contribution is 0.102. The van der Waals surface area contributed by atoms with Crippen LogP contribution in [0.15, 0.2) is 36.4 Å². The van der Waals surface area contributed by atoms with Gasteiger partial charge in [-0.3, -0.25) is 4.79 Å². The van der Waals surface area contributed by atoms with Crippen molar-refractivity contribution in [1.29, 1.82) is 0 Å². The average molecular weight is 259 g/mol. The summed E-state index contributed by atoms with van der Waals surface area (Å²) < 4.78 is 13.1. The highest BCUT2D eigenvalue weighted by Gasteiger charge is 2.08. The normalized spacial score (nSPS) is 10.3. The van der Waals surface area contributed by atoms with Gasteiger partial charge in [0.1, 0.15) is 0 Å². The van der Waals surface area contributed by atoms with Gasteiger partial charge in [-0.05, 0) is 49.2 Å². The van der Waals surface area contributed by atoms with Crippen LogP contribution in [-0.4, -0.2) is 11.0 Å². The van der Waals surface area contributed by atoms with Crippen molar-refractivity contribution in [2.24, 2.45) is 0 Å². The molecule has 0 atom stereocenters. The average Bonchev–Trinajstić information content (AvgIpc) is 2.37. The van der Waals surface area contributed by atoms with Crippen LogP contribution in [0.3, 0.4) is 0 Å². The summed E-state index contributed by atoms with van der Waals surface area (Å²) >= 11 is 0. The number of benzene rings is 2. The number of rotatable bonds is 2. The molecule has 19 heavy (non-hydrogen) atoms. The molecule has 0 aliphatic rings. The molecule has 0 aromatic heterocycles. The molecule has 0 heterocycles. The van der Waals surface area contributed by atoms with E-state index >= 15 is 0 Å². The summed E-state index contributed by atoms with van der Waals surface area (Å²) in [6.45, 7) is 3.89. The first kappa shape index (κ1) is 13.1. The predicted octanol–water partition coefficient (Wildman–Crippen LogP) is 3.40. The maximum Gasteiger partial charge on any atom is 0.255 e. The van der Waals surface area contributed by atoms with Crippen molar-refractivity contribution in [2.45, 2.75) is 13.8 Å². The SMILES string of the molecule is Cc1ccc(C(=O)Nc2ccc(O)c(F)c2)cc1C. The van der Waals surface area contributed by atoms with Gasteiger partial charge in [0, 0.05) is 17.3 Å². The molecule has 3 nitrogen and oxygen atoms in total. The number of carbonyl (C=O) groups is 1. The predicted molar refractivity (Wildman–Crippen MR) is 71.9 cm³/mol. The van der Waals surface area contributed by atoms with E-state index in [1.807, 2.05) is 19.9 Å². The van der Waals surface area contributed by atoms with Gasteiger partial charge in [0.05, 0.1) is 0 Å². The van der Waals surface area contributed by atoms with Crippen LogP contribution in [0.2, 0.25) is 0 Å². The van der Waals surface area contributed by atoms with Gasteiger partial charge in [0.25, 0.3) is 5.91 Å². The zero-order valence-corrected chi connectivity index (χ0v) is 10.7. The number of carbonyl (C=O) groups excluding carboxylic acids is 1. The molecular weight excluding hydrogens is 245 g/mol. The van der Waals surface area contributed by atoms with Crippen LogP contribution in [0.25, 0.3) is 0 Å². The van der Waals surface area contributed by atoms with Crippen molar-refractivity contribution < 1.29 is 14.3 Å². The number of nitrogens with one attached hydrogen (secondary N) is 1. The molecule has 0 aliphatic heterocycles. The minimum atomic E-state index is -0.766. The fraction of sp³-hybridized carbons (Fsp3) is 0.133. The Hall–Kier alpha value is -2.36. The van der Waals surface area contributed by atoms with Gasteiger partial charge >= 0.3 is 0 Å². The topological polar surface area (TPSA) is 49.3 Å². The second kappa shape index (κ2) is 5.10. The molecule has 0 saturated heterocycles. The van der Waals surface area contributed by atoms with Crippen LogP contribution >= 0.6 is 0 Å². The highest BCUT2D eigenvalue weighted by molar-refractivity contribution is 6.04. The van der Waals surface area contributed by atoms with Crippen LogP contribution in [0.1, 0.15) is 21.5 Å². The van der Waals surface area contributed by atoms with E-state index in [1.165, 1.54) is 12.1 Å². The van der Waals surface area contributed by atoms with Crippen LogP contribution in [0.4, 0.5) is 10.1 Å². The Morgan fingerprint density at radius 3 is 2.47 bits per heavy atom. The number of hydrogen-bond acceptors (Lipinski definition) is 2. The van der Waals surface area contributed by atoms with Crippen molar-refractivity contribution in [3.8, 4) is 5.75 Å². The number of phenolic OH excluding ortho intramolecular Hbond substituents is 1. The first-order valence-electron chi connectivity index (χ1n) is 5.84. The summed E-state index contributed by atoms with van der Waals surface area (Å²) in [7, 11) is 0. The molecule has 2 aromatic carbocycles. The number of hydrogen-bond donors (Lipinski definition) is 2. The third-order valence-electron chi connectivity index (χ3n) is 2.97. The van der Waals surface area contributed by atoms with Crippen molar-refractivity contribution in [1.82, 2.24) is 0 Å². The largest absolute Gasteiger partial charge is 0.505 e. The van der Waals surface area contributed by atoms with Crippen LogP contribution in [-0.2, 0) is 0 Å². The summed E-state index contributed by atoms with van der Waals surface area (Å²) in [6.07, 6.45) is 0. The first-order chi connectivity index (χ1) is 8.97. The molecule has 2 aromatic rings. The van der Waals surface area contributed by atoms with E-state index in [0.717, 1.165) is 17.2 Å².